The SMILES string of the molecule is NC(=O)C[C@H]1CCN(C(=O)n2nnn(-c3ccc(Cl)cc3)c2=O)C1. The highest BCUT2D eigenvalue weighted by molar-refractivity contribution is 6.30. The first-order valence-corrected chi connectivity index (χ1v) is 7.72. The van der Waals surface area contributed by atoms with Crippen molar-refractivity contribution in [1.29, 1.82) is 0 Å². The molecule has 2 aromatic rings. The number of hydrogen-bond acceptors (Lipinski definition) is 5. The van der Waals surface area contributed by atoms with E-state index >= 15 is 0 Å². The molecule has 2 amide bonds. The number of carbonyl (C=O) groups excluding carboxylic acids is 2. The van der Waals surface area contributed by atoms with Gasteiger partial charge in [0.05, 0.1) is 5.69 Å². The van der Waals surface area contributed by atoms with Crippen LogP contribution in [0.25, 0.3) is 5.69 Å². The van der Waals surface area contributed by atoms with Crippen LogP contribution >= 0.6 is 11.6 Å². The second kappa shape index (κ2) is 6.44. The molecule has 0 aliphatic carbocycles. The van der Waals surface area contributed by atoms with Gasteiger partial charge in [0.1, 0.15) is 0 Å². The summed E-state index contributed by atoms with van der Waals surface area (Å²) in [6, 6.07) is 5.86. The zero-order chi connectivity index (χ0) is 17.3. The van der Waals surface area contributed by atoms with E-state index < -0.39 is 17.6 Å². The quantitative estimate of drug-likeness (QED) is 0.796. The van der Waals surface area contributed by atoms with Gasteiger partial charge < -0.3 is 10.6 Å². The zero-order valence-corrected chi connectivity index (χ0v) is 13.4. The van der Waals surface area contributed by atoms with Crippen LogP contribution in [0, 0.1) is 5.92 Å². The fourth-order valence-electron chi connectivity index (χ4n) is 2.70. The van der Waals surface area contributed by atoms with Crippen molar-refractivity contribution < 1.29 is 9.59 Å². The average Bonchev–Trinajstić information content (AvgIpc) is 3.14. The van der Waals surface area contributed by atoms with Crippen LogP contribution in [0.2, 0.25) is 5.02 Å². The number of likely N-dealkylation sites (tertiary alicyclic amines) is 1. The number of carbonyl (C=O) groups is 2. The van der Waals surface area contributed by atoms with E-state index in [1.54, 1.807) is 24.3 Å². The number of rotatable bonds is 3. The summed E-state index contributed by atoms with van der Waals surface area (Å²) in [6.45, 7) is 0.805. The molecular weight excluding hydrogens is 336 g/mol. The van der Waals surface area contributed by atoms with Crippen LogP contribution in [0.3, 0.4) is 0 Å². The molecule has 9 nitrogen and oxygen atoms in total. The van der Waals surface area contributed by atoms with E-state index in [1.165, 1.54) is 4.90 Å². The van der Waals surface area contributed by atoms with Gasteiger partial charge in [0, 0.05) is 24.5 Å². The maximum Gasteiger partial charge on any atom is 0.377 e. The molecule has 1 aliphatic rings. The first-order chi connectivity index (χ1) is 11.5. The number of aromatic nitrogens is 4. The van der Waals surface area contributed by atoms with Gasteiger partial charge in [-0.25, -0.2) is 9.59 Å². The van der Waals surface area contributed by atoms with Gasteiger partial charge in [0.25, 0.3) is 0 Å². The van der Waals surface area contributed by atoms with Crippen LogP contribution in [0.15, 0.2) is 29.1 Å². The molecule has 0 unspecified atom stereocenters. The van der Waals surface area contributed by atoms with Gasteiger partial charge in [-0.2, -0.15) is 4.68 Å². The van der Waals surface area contributed by atoms with Crippen molar-refractivity contribution in [3.8, 4) is 5.69 Å². The molecule has 1 fully saturated rings. The summed E-state index contributed by atoms with van der Waals surface area (Å²) in [4.78, 5) is 37.2. The van der Waals surface area contributed by atoms with Crippen molar-refractivity contribution >= 4 is 23.5 Å². The van der Waals surface area contributed by atoms with E-state index in [-0.39, 0.29) is 12.3 Å². The first-order valence-electron chi connectivity index (χ1n) is 7.34. The maximum absolute atomic E-state index is 12.4. The summed E-state index contributed by atoms with van der Waals surface area (Å²) in [5.41, 5.74) is 4.96. The molecule has 24 heavy (non-hydrogen) atoms. The number of benzene rings is 1. The highest BCUT2D eigenvalue weighted by atomic mass is 35.5. The van der Waals surface area contributed by atoms with E-state index in [2.05, 4.69) is 10.4 Å². The molecule has 0 radical (unpaired) electrons. The third kappa shape index (κ3) is 3.16. The Morgan fingerprint density at radius 1 is 1.25 bits per heavy atom. The van der Waals surface area contributed by atoms with Crippen LogP contribution in [-0.2, 0) is 4.79 Å². The van der Waals surface area contributed by atoms with Gasteiger partial charge >= 0.3 is 11.7 Å². The van der Waals surface area contributed by atoms with Crippen molar-refractivity contribution in [2.24, 2.45) is 11.7 Å². The maximum atomic E-state index is 12.4. The fraction of sp³-hybridized carbons (Fsp3) is 0.357. The predicted molar refractivity (Wildman–Crippen MR) is 84.9 cm³/mol. The Bertz CT molecular complexity index is 828. The summed E-state index contributed by atoms with van der Waals surface area (Å²) in [5, 5.41) is 7.90. The second-order valence-electron chi connectivity index (χ2n) is 5.62. The number of nitrogens with two attached hydrogens (primary N) is 1. The van der Waals surface area contributed by atoms with Gasteiger partial charge in [-0.3, -0.25) is 4.79 Å². The Balaban J connectivity index is 1.79. The van der Waals surface area contributed by atoms with Gasteiger partial charge in [-0.15, -0.1) is 4.68 Å². The fourth-order valence-corrected chi connectivity index (χ4v) is 2.83. The average molecular weight is 351 g/mol. The lowest BCUT2D eigenvalue weighted by atomic mass is 10.1. The van der Waals surface area contributed by atoms with Crippen LogP contribution in [0.5, 0.6) is 0 Å². The Kier molecular flexibility index (Phi) is 4.34. The molecule has 0 spiro atoms. The van der Waals surface area contributed by atoms with Crippen LogP contribution in [0.4, 0.5) is 4.79 Å². The lowest BCUT2D eigenvalue weighted by Gasteiger charge is -2.14. The van der Waals surface area contributed by atoms with Crippen LogP contribution < -0.4 is 11.4 Å². The van der Waals surface area contributed by atoms with E-state index in [9.17, 15) is 14.4 Å². The minimum atomic E-state index is -0.666. The van der Waals surface area contributed by atoms with E-state index in [0.717, 1.165) is 4.68 Å². The molecule has 1 aromatic heterocycles. The standard InChI is InChI=1S/C14H15ClN6O3/c15-10-1-3-11(4-2-10)20-14(24)21(18-17-20)13(23)19-6-5-9(8-19)7-12(16)22/h1-4,9H,5-8H2,(H2,16,22)/t9-/m1/s1. The topological polar surface area (TPSA) is 116 Å². The lowest BCUT2D eigenvalue weighted by molar-refractivity contribution is -0.118. The Morgan fingerprint density at radius 3 is 2.62 bits per heavy atom. The molecule has 1 saturated heterocycles. The van der Waals surface area contributed by atoms with Crippen molar-refractivity contribution in [2.45, 2.75) is 12.8 Å². The molecule has 1 aliphatic heterocycles. The minimum Gasteiger partial charge on any atom is -0.370 e. The molecule has 126 valence electrons. The van der Waals surface area contributed by atoms with Gasteiger partial charge in [0.2, 0.25) is 5.91 Å². The minimum absolute atomic E-state index is 0.00784. The molecule has 0 bridgehead atoms. The van der Waals surface area contributed by atoms with Crippen LogP contribution in [0.1, 0.15) is 12.8 Å². The summed E-state index contributed by atoms with van der Waals surface area (Å²) in [7, 11) is 0. The molecule has 10 heteroatoms. The third-order valence-corrected chi connectivity index (χ3v) is 4.13. The van der Waals surface area contributed by atoms with Gasteiger partial charge in [0.15, 0.2) is 0 Å². The van der Waals surface area contributed by atoms with Crippen molar-refractivity contribution in [2.75, 3.05) is 13.1 Å². The highest BCUT2D eigenvalue weighted by Crippen LogP contribution is 2.19. The van der Waals surface area contributed by atoms with Crippen LogP contribution in [-0.4, -0.2) is 49.7 Å². The molecular formula is C14H15ClN6O3. The van der Waals surface area contributed by atoms with Crippen molar-refractivity contribution in [3.05, 3.63) is 39.8 Å². The predicted octanol–water partition coefficient (Wildman–Crippen LogP) is 0.248. The van der Waals surface area contributed by atoms with E-state index in [0.29, 0.717) is 34.9 Å². The number of halogens is 1. The second-order valence-corrected chi connectivity index (χ2v) is 6.05. The molecule has 1 aromatic carbocycles. The third-order valence-electron chi connectivity index (χ3n) is 3.88. The highest BCUT2D eigenvalue weighted by Gasteiger charge is 2.30. The van der Waals surface area contributed by atoms with Crippen molar-refractivity contribution in [3.63, 3.8) is 0 Å². The number of tetrazole rings is 1. The summed E-state index contributed by atoms with van der Waals surface area (Å²) < 4.78 is 1.73. The summed E-state index contributed by atoms with van der Waals surface area (Å²) in [6.07, 6.45) is 0.880. The zero-order valence-electron chi connectivity index (χ0n) is 12.6. The van der Waals surface area contributed by atoms with E-state index in [1.807, 2.05) is 0 Å². The van der Waals surface area contributed by atoms with E-state index in [4.69, 9.17) is 17.3 Å². The first kappa shape index (κ1) is 16.2. The van der Waals surface area contributed by atoms with Crippen molar-refractivity contribution in [1.82, 2.24) is 24.7 Å². The van der Waals surface area contributed by atoms with Gasteiger partial charge in [-0.05, 0) is 47.0 Å². The molecule has 0 saturated carbocycles. The smallest absolute Gasteiger partial charge is 0.370 e. The monoisotopic (exact) mass is 350 g/mol. The number of amides is 2. The Labute approximate surface area is 141 Å². The Morgan fingerprint density at radius 2 is 1.96 bits per heavy atom. The van der Waals surface area contributed by atoms with Gasteiger partial charge in [-0.1, -0.05) is 11.6 Å². The lowest BCUT2D eigenvalue weighted by Crippen LogP contribution is -2.40. The number of primary amides is 1. The Hall–Kier alpha value is -2.68. The molecule has 2 heterocycles. The largest absolute Gasteiger partial charge is 0.377 e. The normalized spacial score (nSPS) is 17.2. The molecule has 2 N–H and O–H groups in total. The molecule has 1 atom stereocenters. The summed E-state index contributed by atoms with van der Waals surface area (Å²) in [5.74, 6) is -0.395. The number of nitrogens with zero attached hydrogens (tertiary/aromatic N) is 5. The molecule has 3 rings (SSSR count). The number of hydrogen-bond donors (Lipinski definition) is 1. The summed E-state index contributed by atoms with van der Waals surface area (Å²) >= 11 is 5.81.